The third-order valence-electron chi connectivity index (χ3n) is 3.32. The van der Waals surface area contributed by atoms with Crippen LogP contribution in [0.3, 0.4) is 0 Å². The van der Waals surface area contributed by atoms with Crippen LogP contribution in [-0.2, 0) is 20.5 Å². The van der Waals surface area contributed by atoms with Gasteiger partial charge in [0.05, 0.1) is 0 Å². The minimum atomic E-state index is -0.258. The van der Waals surface area contributed by atoms with Crippen LogP contribution in [0.15, 0.2) is 15.8 Å². The molecule has 1 heterocycles. The average molecular weight is 252 g/mol. The van der Waals surface area contributed by atoms with Gasteiger partial charge in [-0.3, -0.25) is 9.36 Å². The Hall–Kier alpha value is -1.32. The zero-order valence-corrected chi connectivity index (χ0v) is 11.7. The molecule has 0 N–H and O–H groups in total. The predicted octanol–water partition coefficient (Wildman–Crippen LogP) is 1.99. The summed E-state index contributed by atoms with van der Waals surface area (Å²) in [5.41, 5.74) is 0.341. The molecule has 0 saturated carbocycles. The first-order chi connectivity index (χ1) is 8.57. The molecule has 1 aromatic heterocycles. The van der Waals surface area contributed by atoms with E-state index < -0.39 is 0 Å². The third kappa shape index (κ3) is 3.86. The first-order valence-electron chi connectivity index (χ1n) is 6.83. The van der Waals surface area contributed by atoms with Gasteiger partial charge < -0.3 is 4.57 Å². The second-order valence-electron chi connectivity index (χ2n) is 4.93. The highest BCUT2D eigenvalue weighted by Crippen LogP contribution is 2.07. The lowest BCUT2D eigenvalue weighted by atomic mass is 10.1. The van der Waals surface area contributed by atoms with Crippen molar-refractivity contribution in [2.24, 2.45) is 14.1 Å². The number of aromatic nitrogens is 2. The van der Waals surface area contributed by atoms with Crippen LogP contribution in [0, 0.1) is 0 Å². The molecule has 0 fully saturated rings. The normalized spacial score (nSPS) is 10.8. The highest BCUT2D eigenvalue weighted by atomic mass is 16.2. The molecule has 0 saturated heterocycles. The zero-order chi connectivity index (χ0) is 13.5. The zero-order valence-electron chi connectivity index (χ0n) is 11.7. The van der Waals surface area contributed by atoms with Gasteiger partial charge in [0.15, 0.2) is 0 Å². The van der Waals surface area contributed by atoms with Gasteiger partial charge in [0.2, 0.25) is 0 Å². The summed E-state index contributed by atoms with van der Waals surface area (Å²) in [5.74, 6) is 0. The number of aryl methyl sites for hydroxylation is 2. The molecule has 0 aliphatic heterocycles. The minimum Gasteiger partial charge on any atom is -0.303 e. The molecule has 0 bridgehead atoms. The molecule has 18 heavy (non-hydrogen) atoms. The summed E-state index contributed by atoms with van der Waals surface area (Å²) in [6, 6.07) is 0. The fourth-order valence-corrected chi connectivity index (χ4v) is 2.15. The average Bonchev–Trinajstić information content (AvgIpc) is 2.37. The summed E-state index contributed by atoms with van der Waals surface area (Å²) >= 11 is 0. The third-order valence-corrected chi connectivity index (χ3v) is 3.32. The van der Waals surface area contributed by atoms with Crippen LogP contribution in [0.4, 0.5) is 0 Å². The van der Waals surface area contributed by atoms with Crippen LogP contribution >= 0.6 is 0 Å². The SMILES string of the molecule is CCCCCCCCc1cn(C)c(=O)n(C)c1=O. The van der Waals surface area contributed by atoms with Crippen molar-refractivity contribution in [1.82, 2.24) is 9.13 Å². The molecule has 0 unspecified atom stereocenters. The van der Waals surface area contributed by atoms with Crippen LogP contribution < -0.4 is 11.2 Å². The van der Waals surface area contributed by atoms with Gasteiger partial charge in [0.1, 0.15) is 0 Å². The van der Waals surface area contributed by atoms with Crippen molar-refractivity contribution >= 4 is 0 Å². The van der Waals surface area contributed by atoms with Gasteiger partial charge in [-0.25, -0.2) is 4.79 Å². The summed E-state index contributed by atoms with van der Waals surface area (Å²) in [6.45, 7) is 2.20. The Morgan fingerprint density at radius 2 is 1.61 bits per heavy atom. The Morgan fingerprint density at radius 3 is 2.28 bits per heavy atom. The van der Waals surface area contributed by atoms with Crippen molar-refractivity contribution in [3.05, 3.63) is 32.6 Å². The van der Waals surface area contributed by atoms with Crippen molar-refractivity contribution in [2.75, 3.05) is 0 Å². The Balaban J connectivity index is 2.53. The molecule has 0 aliphatic carbocycles. The van der Waals surface area contributed by atoms with E-state index in [9.17, 15) is 9.59 Å². The van der Waals surface area contributed by atoms with Gasteiger partial charge in [0.25, 0.3) is 5.56 Å². The molecular formula is C14H24N2O2. The first kappa shape index (κ1) is 14.7. The predicted molar refractivity (Wildman–Crippen MR) is 74.0 cm³/mol. The highest BCUT2D eigenvalue weighted by molar-refractivity contribution is 5.05. The van der Waals surface area contributed by atoms with Gasteiger partial charge in [-0.2, -0.15) is 0 Å². The quantitative estimate of drug-likeness (QED) is 0.697. The maximum absolute atomic E-state index is 11.9. The largest absolute Gasteiger partial charge is 0.330 e. The standard InChI is InChI=1S/C14H24N2O2/c1-4-5-6-7-8-9-10-12-11-15(2)14(18)16(3)13(12)17/h11H,4-10H2,1-3H3. The second kappa shape index (κ2) is 7.19. The summed E-state index contributed by atoms with van der Waals surface area (Å²) in [6.07, 6.45) is 9.69. The Morgan fingerprint density at radius 1 is 1.00 bits per heavy atom. The van der Waals surface area contributed by atoms with Crippen molar-refractivity contribution in [2.45, 2.75) is 51.9 Å². The van der Waals surface area contributed by atoms with Gasteiger partial charge >= 0.3 is 5.69 Å². The molecule has 0 aromatic carbocycles. The molecule has 0 amide bonds. The van der Waals surface area contributed by atoms with Gasteiger partial charge in [-0.05, 0) is 12.8 Å². The Labute approximate surface area is 108 Å². The fourth-order valence-electron chi connectivity index (χ4n) is 2.15. The Bertz CT molecular complexity index is 486. The van der Waals surface area contributed by atoms with Gasteiger partial charge in [-0.1, -0.05) is 39.0 Å². The maximum Gasteiger partial charge on any atom is 0.330 e. The van der Waals surface area contributed by atoms with Crippen molar-refractivity contribution in [1.29, 1.82) is 0 Å². The molecule has 1 rings (SSSR count). The first-order valence-corrected chi connectivity index (χ1v) is 6.83. The number of nitrogens with zero attached hydrogens (tertiary/aromatic N) is 2. The molecule has 4 heteroatoms. The summed E-state index contributed by atoms with van der Waals surface area (Å²) in [7, 11) is 3.22. The second-order valence-corrected chi connectivity index (χ2v) is 4.93. The van der Waals surface area contributed by atoms with Crippen LogP contribution in [0.1, 0.15) is 51.0 Å². The highest BCUT2D eigenvalue weighted by Gasteiger charge is 2.06. The lowest BCUT2D eigenvalue weighted by molar-refractivity contribution is 0.597. The smallest absolute Gasteiger partial charge is 0.303 e. The summed E-state index contributed by atoms with van der Waals surface area (Å²) < 4.78 is 2.67. The lowest BCUT2D eigenvalue weighted by Gasteiger charge is -2.06. The van der Waals surface area contributed by atoms with E-state index in [0.717, 1.165) is 24.8 Å². The number of hydrogen-bond donors (Lipinski definition) is 0. The van der Waals surface area contributed by atoms with Crippen molar-refractivity contribution in [3.63, 3.8) is 0 Å². The van der Waals surface area contributed by atoms with E-state index in [0.29, 0.717) is 0 Å². The number of hydrogen-bond acceptors (Lipinski definition) is 2. The molecule has 0 aliphatic rings. The molecular weight excluding hydrogens is 228 g/mol. The van der Waals surface area contributed by atoms with E-state index in [1.165, 1.54) is 41.9 Å². The summed E-state index contributed by atoms with van der Waals surface area (Å²) in [5, 5.41) is 0. The number of unbranched alkanes of at least 4 members (excludes halogenated alkanes) is 5. The topological polar surface area (TPSA) is 44.0 Å². The Kier molecular flexibility index (Phi) is 5.89. The van der Waals surface area contributed by atoms with E-state index >= 15 is 0 Å². The number of rotatable bonds is 7. The molecule has 0 spiro atoms. The van der Waals surface area contributed by atoms with E-state index in [-0.39, 0.29) is 11.2 Å². The van der Waals surface area contributed by atoms with Crippen LogP contribution in [0.5, 0.6) is 0 Å². The molecule has 0 atom stereocenters. The molecule has 4 nitrogen and oxygen atoms in total. The van der Waals surface area contributed by atoms with E-state index in [1.54, 1.807) is 13.2 Å². The fraction of sp³-hybridized carbons (Fsp3) is 0.714. The van der Waals surface area contributed by atoms with Crippen LogP contribution in [-0.4, -0.2) is 9.13 Å². The molecule has 102 valence electrons. The van der Waals surface area contributed by atoms with E-state index in [1.807, 2.05) is 0 Å². The lowest BCUT2D eigenvalue weighted by Crippen LogP contribution is -2.38. The summed E-state index contributed by atoms with van der Waals surface area (Å²) in [4.78, 5) is 23.4. The van der Waals surface area contributed by atoms with E-state index in [4.69, 9.17) is 0 Å². The molecule has 1 aromatic rings. The van der Waals surface area contributed by atoms with Crippen LogP contribution in [0.25, 0.3) is 0 Å². The minimum absolute atomic E-state index is 0.147. The maximum atomic E-state index is 11.9. The molecule has 0 radical (unpaired) electrons. The van der Waals surface area contributed by atoms with Crippen LogP contribution in [0.2, 0.25) is 0 Å². The monoisotopic (exact) mass is 252 g/mol. The van der Waals surface area contributed by atoms with Gasteiger partial charge in [-0.15, -0.1) is 0 Å². The van der Waals surface area contributed by atoms with E-state index in [2.05, 4.69) is 6.92 Å². The van der Waals surface area contributed by atoms with Crippen molar-refractivity contribution < 1.29 is 0 Å². The van der Waals surface area contributed by atoms with Gasteiger partial charge in [0, 0.05) is 25.9 Å². The van der Waals surface area contributed by atoms with Crippen molar-refractivity contribution in [3.8, 4) is 0 Å².